The molecule has 0 N–H and O–H groups in total. The van der Waals surface area contributed by atoms with Crippen LogP contribution in [0.15, 0.2) is 82.1 Å². The van der Waals surface area contributed by atoms with Crippen molar-refractivity contribution in [3.63, 3.8) is 0 Å². The van der Waals surface area contributed by atoms with Gasteiger partial charge in [-0.2, -0.15) is 0 Å². The third kappa shape index (κ3) is 5.34. The van der Waals surface area contributed by atoms with E-state index in [0.717, 1.165) is 17.3 Å². The zero-order valence-corrected chi connectivity index (χ0v) is 22.1. The van der Waals surface area contributed by atoms with Gasteiger partial charge in [0.1, 0.15) is 5.82 Å². The number of amides is 1. The van der Waals surface area contributed by atoms with Gasteiger partial charge in [0.2, 0.25) is 0 Å². The molecule has 0 aliphatic rings. The van der Waals surface area contributed by atoms with E-state index in [1.165, 1.54) is 0 Å². The molecular formula is C28H27BrClN3O2. The van der Waals surface area contributed by atoms with Crippen molar-refractivity contribution in [1.82, 2.24) is 14.5 Å². The van der Waals surface area contributed by atoms with Crippen LogP contribution in [-0.4, -0.2) is 26.9 Å². The van der Waals surface area contributed by atoms with E-state index >= 15 is 0 Å². The van der Waals surface area contributed by atoms with Crippen molar-refractivity contribution < 1.29 is 4.79 Å². The summed E-state index contributed by atoms with van der Waals surface area (Å²) in [6.07, 6.45) is 2.37. The van der Waals surface area contributed by atoms with E-state index in [0.29, 0.717) is 46.0 Å². The number of carbonyl (C=O) groups is 1. The highest BCUT2D eigenvalue weighted by Gasteiger charge is 2.29. The summed E-state index contributed by atoms with van der Waals surface area (Å²) < 4.78 is 2.52. The minimum Gasteiger partial charge on any atom is -0.328 e. The highest BCUT2D eigenvalue weighted by atomic mass is 79.9. The van der Waals surface area contributed by atoms with Crippen LogP contribution in [0.4, 0.5) is 0 Å². The Kier molecular flexibility index (Phi) is 8.04. The first-order valence-corrected chi connectivity index (χ1v) is 13.0. The number of fused-ring (bicyclic) bond motifs is 1. The lowest BCUT2D eigenvalue weighted by molar-refractivity contribution is 0.0656. The number of benzene rings is 3. The van der Waals surface area contributed by atoms with Gasteiger partial charge in [-0.15, -0.1) is 0 Å². The predicted molar refractivity (Wildman–Crippen MR) is 145 cm³/mol. The number of nitrogens with zero attached hydrogens (tertiary/aromatic N) is 3. The summed E-state index contributed by atoms with van der Waals surface area (Å²) in [5.41, 5.74) is 1.65. The summed E-state index contributed by atoms with van der Waals surface area (Å²) in [6, 6.07) is 21.4. The summed E-state index contributed by atoms with van der Waals surface area (Å²) in [5.74, 6) is 0.442. The number of para-hydroxylation sites is 1. The van der Waals surface area contributed by atoms with E-state index in [-0.39, 0.29) is 11.5 Å². The van der Waals surface area contributed by atoms with Crippen molar-refractivity contribution in [1.29, 1.82) is 0 Å². The molecule has 4 aromatic rings. The van der Waals surface area contributed by atoms with E-state index in [4.69, 9.17) is 16.6 Å². The maximum absolute atomic E-state index is 13.8. The minimum absolute atomic E-state index is 0.0853. The number of rotatable bonds is 8. The summed E-state index contributed by atoms with van der Waals surface area (Å²) in [4.78, 5) is 34.3. The molecule has 0 spiro atoms. The fraction of sp³-hybridized carbons (Fsp3) is 0.250. The van der Waals surface area contributed by atoms with Crippen LogP contribution in [-0.2, 0) is 0 Å². The van der Waals surface area contributed by atoms with Gasteiger partial charge in [0, 0.05) is 21.6 Å². The molecule has 4 rings (SSSR count). The van der Waals surface area contributed by atoms with Gasteiger partial charge in [-0.1, -0.05) is 66.0 Å². The van der Waals surface area contributed by atoms with Crippen molar-refractivity contribution >= 4 is 44.3 Å². The van der Waals surface area contributed by atoms with Crippen LogP contribution in [0.25, 0.3) is 16.6 Å². The van der Waals surface area contributed by atoms with Gasteiger partial charge >= 0.3 is 0 Å². The quantitative estimate of drug-likeness (QED) is 0.232. The average molecular weight is 553 g/mol. The van der Waals surface area contributed by atoms with E-state index in [1.54, 1.807) is 22.8 Å². The first-order valence-electron chi connectivity index (χ1n) is 11.8. The standard InChI is InChI=1S/C28H27BrClN3O2/c1-3-5-17-32(27(34)19-13-15-20(29)16-14-19)25(4-2)26-31-24-12-7-6-11-23(24)28(35)33(26)22-10-8-9-21(30)18-22/h6-16,18,25H,3-5,17H2,1-2H3. The molecule has 0 aliphatic carbocycles. The number of halogens is 2. The minimum atomic E-state index is -0.408. The van der Waals surface area contributed by atoms with Crippen molar-refractivity contribution in [3.05, 3.63) is 104 Å². The molecule has 0 aliphatic heterocycles. The van der Waals surface area contributed by atoms with Crippen LogP contribution in [0.3, 0.4) is 0 Å². The van der Waals surface area contributed by atoms with E-state index in [1.807, 2.05) is 66.4 Å². The van der Waals surface area contributed by atoms with Gasteiger partial charge in [0.25, 0.3) is 11.5 Å². The van der Waals surface area contributed by atoms with Gasteiger partial charge in [0.15, 0.2) is 0 Å². The predicted octanol–water partition coefficient (Wildman–Crippen LogP) is 7.20. The third-order valence-electron chi connectivity index (χ3n) is 6.03. The molecule has 0 radical (unpaired) electrons. The molecule has 1 aromatic heterocycles. The molecule has 0 bridgehead atoms. The average Bonchev–Trinajstić information content (AvgIpc) is 2.86. The molecular weight excluding hydrogens is 526 g/mol. The van der Waals surface area contributed by atoms with Crippen molar-refractivity contribution in [3.8, 4) is 5.69 Å². The Morgan fingerprint density at radius 3 is 2.49 bits per heavy atom. The summed E-state index contributed by atoms with van der Waals surface area (Å²) >= 11 is 9.74. The monoisotopic (exact) mass is 551 g/mol. The molecule has 3 aromatic carbocycles. The maximum atomic E-state index is 13.8. The van der Waals surface area contributed by atoms with E-state index in [2.05, 4.69) is 22.9 Å². The van der Waals surface area contributed by atoms with Crippen molar-refractivity contribution in [2.75, 3.05) is 6.54 Å². The molecule has 1 atom stereocenters. The van der Waals surface area contributed by atoms with Crippen LogP contribution >= 0.6 is 27.5 Å². The van der Waals surface area contributed by atoms with Crippen LogP contribution in [0.5, 0.6) is 0 Å². The fourth-order valence-corrected chi connectivity index (χ4v) is 4.72. The molecule has 35 heavy (non-hydrogen) atoms. The van der Waals surface area contributed by atoms with Crippen LogP contribution in [0, 0.1) is 0 Å². The normalized spacial score (nSPS) is 12.0. The van der Waals surface area contributed by atoms with Crippen molar-refractivity contribution in [2.24, 2.45) is 0 Å². The maximum Gasteiger partial charge on any atom is 0.266 e. The molecule has 0 saturated heterocycles. The Balaban J connectivity index is 1.94. The second-order valence-corrected chi connectivity index (χ2v) is 9.74. The zero-order valence-electron chi connectivity index (χ0n) is 19.7. The Bertz CT molecular complexity index is 1400. The molecule has 7 heteroatoms. The highest BCUT2D eigenvalue weighted by molar-refractivity contribution is 9.10. The Morgan fingerprint density at radius 1 is 1.06 bits per heavy atom. The molecule has 1 unspecified atom stereocenters. The fourth-order valence-electron chi connectivity index (χ4n) is 4.27. The lowest BCUT2D eigenvalue weighted by Gasteiger charge is -2.32. The molecule has 1 heterocycles. The zero-order chi connectivity index (χ0) is 24.9. The molecule has 1 amide bonds. The number of aromatic nitrogens is 2. The first-order chi connectivity index (χ1) is 16.9. The second-order valence-electron chi connectivity index (χ2n) is 8.39. The Labute approximate surface area is 218 Å². The Morgan fingerprint density at radius 2 is 1.80 bits per heavy atom. The second kappa shape index (κ2) is 11.2. The summed E-state index contributed by atoms with van der Waals surface area (Å²) in [6.45, 7) is 4.67. The lowest BCUT2D eigenvalue weighted by Crippen LogP contribution is -2.39. The smallest absolute Gasteiger partial charge is 0.266 e. The summed E-state index contributed by atoms with van der Waals surface area (Å²) in [7, 11) is 0. The number of carbonyl (C=O) groups excluding carboxylic acids is 1. The molecule has 0 saturated carbocycles. The van der Waals surface area contributed by atoms with Crippen LogP contribution in [0.2, 0.25) is 5.02 Å². The third-order valence-corrected chi connectivity index (χ3v) is 6.80. The van der Waals surface area contributed by atoms with Crippen molar-refractivity contribution in [2.45, 2.75) is 39.2 Å². The van der Waals surface area contributed by atoms with E-state index < -0.39 is 6.04 Å². The first kappa shape index (κ1) is 25.1. The van der Waals surface area contributed by atoms with Gasteiger partial charge in [-0.3, -0.25) is 14.2 Å². The van der Waals surface area contributed by atoms with E-state index in [9.17, 15) is 9.59 Å². The SMILES string of the molecule is CCCCN(C(=O)c1ccc(Br)cc1)C(CC)c1nc2ccccc2c(=O)n1-c1cccc(Cl)c1. The largest absolute Gasteiger partial charge is 0.328 e. The van der Waals surface area contributed by atoms with Gasteiger partial charge < -0.3 is 4.90 Å². The van der Waals surface area contributed by atoms with Gasteiger partial charge in [-0.05, 0) is 67.4 Å². The Hall–Kier alpha value is -2.96. The molecule has 0 fully saturated rings. The van der Waals surface area contributed by atoms with Crippen LogP contribution < -0.4 is 5.56 Å². The molecule has 5 nitrogen and oxygen atoms in total. The number of unbranched alkanes of at least 4 members (excludes halogenated alkanes) is 1. The highest BCUT2D eigenvalue weighted by Crippen LogP contribution is 2.29. The number of hydrogen-bond acceptors (Lipinski definition) is 3. The topological polar surface area (TPSA) is 55.2 Å². The molecule has 180 valence electrons. The van der Waals surface area contributed by atoms with Gasteiger partial charge in [-0.25, -0.2) is 4.98 Å². The number of hydrogen-bond donors (Lipinski definition) is 0. The van der Waals surface area contributed by atoms with Gasteiger partial charge in [0.05, 0.1) is 22.6 Å². The summed E-state index contributed by atoms with van der Waals surface area (Å²) in [5, 5.41) is 1.04. The lowest BCUT2D eigenvalue weighted by atomic mass is 10.1. The van der Waals surface area contributed by atoms with Crippen LogP contribution in [0.1, 0.15) is 55.3 Å².